The van der Waals surface area contributed by atoms with Crippen molar-refractivity contribution in [3.05, 3.63) is 100 Å². The van der Waals surface area contributed by atoms with Gasteiger partial charge in [0.2, 0.25) is 0 Å². The molecule has 0 aliphatic carbocycles. The topological polar surface area (TPSA) is 67.0 Å². The molecular formula is C25H17BrFN3O2. The Morgan fingerprint density at radius 3 is 2.72 bits per heavy atom. The highest BCUT2D eigenvalue weighted by atomic mass is 79.9. The number of carbonyl (C=O) groups is 1. The number of hydrogen-bond donors (Lipinski definition) is 2. The van der Waals surface area contributed by atoms with Crippen LogP contribution in [0.25, 0.3) is 21.7 Å². The van der Waals surface area contributed by atoms with Crippen LogP contribution in [0.15, 0.2) is 83.3 Å². The summed E-state index contributed by atoms with van der Waals surface area (Å²) in [5, 5.41) is 12.6. The molecule has 0 fully saturated rings. The molecule has 0 aliphatic rings. The number of fused-ring (bicyclic) bond motifs is 2. The fourth-order valence-corrected chi connectivity index (χ4v) is 3.91. The van der Waals surface area contributed by atoms with Gasteiger partial charge in [0.15, 0.2) is 5.82 Å². The van der Waals surface area contributed by atoms with Gasteiger partial charge >= 0.3 is 0 Å². The minimum atomic E-state index is -0.341. The monoisotopic (exact) mass is 489 g/mol. The number of rotatable bonds is 5. The summed E-state index contributed by atoms with van der Waals surface area (Å²) in [5.41, 5.74) is 1.77. The van der Waals surface area contributed by atoms with Gasteiger partial charge in [-0.15, -0.1) is 0 Å². The second kappa shape index (κ2) is 8.43. The first-order chi connectivity index (χ1) is 15.6. The van der Waals surface area contributed by atoms with Crippen LogP contribution in [-0.2, 0) is 6.61 Å². The minimum Gasteiger partial charge on any atom is -0.489 e. The van der Waals surface area contributed by atoms with Crippen molar-refractivity contribution in [1.29, 1.82) is 0 Å². The summed E-state index contributed by atoms with van der Waals surface area (Å²) < 4.78 is 20.5. The summed E-state index contributed by atoms with van der Waals surface area (Å²) in [7, 11) is 0. The highest BCUT2D eigenvalue weighted by molar-refractivity contribution is 9.10. The second-order valence-corrected chi connectivity index (χ2v) is 8.20. The van der Waals surface area contributed by atoms with Crippen molar-refractivity contribution < 1.29 is 13.9 Å². The number of H-pyrrole nitrogens is 1. The fraction of sp³-hybridized carbons (Fsp3) is 0.0400. The summed E-state index contributed by atoms with van der Waals surface area (Å²) in [6.07, 6.45) is 0. The van der Waals surface area contributed by atoms with Crippen LogP contribution in [0.2, 0.25) is 0 Å². The number of amides is 1. The lowest BCUT2D eigenvalue weighted by atomic mass is 10.0. The summed E-state index contributed by atoms with van der Waals surface area (Å²) in [6, 6.07) is 23.5. The molecule has 2 N–H and O–H groups in total. The van der Waals surface area contributed by atoms with Crippen molar-refractivity contribution in [1.82, 2.24) is 10.2 Å². The van der Waals surface area contributed by atoms with Crippen LogP contribution in [0, 0.1) is 5.82 Å². The number of aromatic amines is 1. The molecule has 0 aliphatic heterocycles. The van der Waals surface area contributed by atoms with Gasteiger partial charge in [0.25, 0.3) is 5.91 Å². The van der Waals surface area contributed by atoms with Gasteiger partial charge in [0.05, 0.1) is 5.52 Å². The van der Waals surface area contributed by atoms with Crippen molar-refractivity contribution >= 4 is 49.3 Å². The molecule has 5 rings (SSSR count). The van der Waals surface area contributed by atoms with E-state index in [1.54, 1.807) is 30.3 Å². The number of anilines is 1. The number of halogens is 2. The average molecular weight is 490 g/mol. The van der Waals surface area contributed by atoms with E-state index in [0.717, 1.165) is 16.3 Å². The predicted molar refractivity (Wildman–Crippen MR) is 126 cm³/mol. The molecule has 0 radical (unpaired) electrons. The zero-order valence-corrected chi connectivity index (χ0v) is 18.3. The van der Waals surface area contributed by atoms with E-state index in [1.165, 1.54) is 6.07 Å². The van der Waals surface area contributed by atoms with Crippen molar-refractivity contribution in [2.75, 3.05) is 5.32 Å². The zero-order valence-electron chi connectivity index (χ0n) is 16.7. The lowest BCUT2D eigenvalue weighted by Gasteiger charge is -2.09. The maximum atomic E-state index is 14.1. The molecule has 7 heteroatoms. The van der Waals surface area contributed by atoms with Crippen LogP contribution < -0.4 is 10.1 Å². The van der Waals surface area contributed by atoms with Gasteiger partial charge in [-0.1, -0.05) is 58.4 Å². The Morgan fingerprint density at radius 1 is 1.00 bits per heavy atom. The van der Waals surface area contributed by atoms with E-state index in [0.29, 0.717) is 32.6 Å². The smallest absolute Gasteiger partial charge is 0.257 e. The highest BCUT2D eigenvalue weighted by Gasteiger charge is 2.14. The lowest BCUT2D eigenvalue weighted by molar-refractivity contribution is 0.102. The van der Waals surface area contributed by atoms with Gasteiger partial charge in [-0.3, -0.25) is 9.89 Å². The van der Waals surface area contributed by atoms with Crippen molar-refractivity contribution in [3.63, 3.8) is 0 Å². The van der Waals surface area contributed by atoms with Gasteiger partial charge in [-0.05, 0) is 47.2 Å². The first-order valence-electron chi connectivity index (χ1n) is 9.92. The van der Waals surface area contributed by atoms with Crippen LogP contribution in [-0.4, -0.2) is 16.1 Å². The van der Waals surface area contributed by atoms with Gasteiger partial charge in [0, 0.05) is 21.0 Å². The van der Waals surface area contributed by atoms with Crippen LogP contribution in [0.4, 0.5) is 10.2 Å². The Bertz CT molecular complexity index is 1460. The van der Waals surface area contributed by atoms with E-state index in [1.807, 2.05) is 42.5 Å². The van der Waals surface area contributed by atoms with E-state index in [-0.39, 0.29) is 18.3 Å². The zero-order chi connectivity index (χ0) is 22.1. The Hall–Kier alpha value is -3.71. The van der Waals surface area contributed by atoms with E-state index in [9.17, 15) is 9.18 Å². The molecule has 0 unspecified atom stereocenters. The predicted octanol–water partition coefficient (Wildman–Crippen LogP) is 6.45. The third kappa shape index (κ3) is 3.94. The molecule has 5 aromatic rings. The highest BCUT2D eigenvalue weighted by Crippen LogP contribution is 2.27. The maximum Gasteiger partial charge on any atom is 0.257 e. The Kier molecular flexibility index (Phi) is 5.33. The molecule has 5 nitrogen and oxygen atoms in total. The standard InChI is InChI=1S/C25H17BrFN3O2/c26-17-9-8-16(22(27)12-17)14-32-18-10-11-23-21(13-18)24(30-29-23)28-25(31)20-7-3-5-15-4-1-2-6-19(15)20/h1-13H,14H2,(H2,28,29,30,31). The molecule has 0 atom stereocenters. The van der Waals surface area contributed by atoms with Crippen molar-refractivity contribution in [3.8, 4) is 5.75 Å². The fourth-order valence-electron chi connectivity index (χ4n) is 3.58. The minimum absolute atomic E-state index is 0.0835. The number of nitrogens with zero attached hydrogens (tertiary/aromatic N) is 1. The third-order valence-electron chi connectivity index (χ3n) is 5.21. The van der Waals surface area contributed by atoms with E-state index >= 15 is 0 Å². The van der Waals surface area contributed by atoms with E-state index < -0.39 is 0 Å². The summed E-state index contributed by atoms with van der Waals surface area (Å²) in [5.74, 6) is 0.352. The van der Waals surface area contributed by atoms with Crippen LogP contribution >= 0.6 is 15.9 Å². The molecule has 1 amide bonds. The maximum absolute atomic E-state index is 14.1. The normalized spacial score (nSPS) is 11.1. The molecular weight excluding hydrogens is 473 g/mol. The molecule has 4 aromatic carbocycles. The van der Waals surface area contributed by atoms with Gasteiger partial charge in [-0.25, -0.2) is 4.39 Å². The average Bonchev–Trinajstić information content (AvgIpc) is 3.20. The van der Waals surface area contributed by atoms with Crippen molar-refractivity contribution in [2.45, 2.75) is 6.61 Å². The Morgan fingerprint density at radius 2 is 1.84 bits per heavy atom. The number of benzene rings is 4. The number of aromatic nitrogens is 2. The van der Waals surface area contributed by atoms with Gasteiger partial charge in [-0.2, -0.15) is 5.10 Å². The van der Waals surface area contributed by atoms with Crippen LogP contribution in [0.5, 0.6) is 5.75 Å². The number of carbonyl (C=O) groups excluding carboxylic acids is 1. The molecule has 0 bridgehead atoms. The molecule has 1 aromatic heterocycles. The third-order valence-corrected chi connectivity index (χ3v) is 5.70. The summed E-state index contributed by atoms with van der Waals surface area (Å²) >= 11 is 3.25. The Labute approximate surface area is 191 Å². The number of nitrogens with one attached hydrogen (secondary N) is 2. The molecule has 0 saturated heterocycles. The van der Waals surface area contributed by atoms with E-state index in [2.05, 4.69) is 31.4 Å². The molecule has 0 spiro atoms. The van der Waals surface area contributed by atoms with Gasteiger partial charge in [0.1, 0.15) is 18.2 Å². The van der Waals surface area contributed by atoms with Crippen LogP contribution in [0.1, 0.15) is 15.9 Å². The first-order valence-corrected chi connectivity index (χ1v) is 10.7. The SMILES string of the molecule is O=C(Nc1n[nH]c2ccc(OCc3ccc(Br)cc3F)cc12)c1cccc2ccccc12. The summed E-state index contributed by atoms with van der Waals surface area (Å²) in [6.45, 7) is 0.0835. The molecule has 32 heavy (non-hydrogen) atoms. The lowest BCUT2D eigenvalue weighted by Crippen LogP contribution is -2.12. The number of hydrogen-bond acceptors (Lipinski definition) is 3. The first kappa shape index (κ1) is 20.2. The quantitative estimate of drug-likeness (QED) is 0.298. The van der Waals surface area contributed by atoms with Crippen LogP contribution in [0.3, 0.4) is 0 Å². The molecule has 158 valence electrons. The molecule has 1 heterocycles. The summed E-state index contributed by atoms with van der Waals surface area (Å²) in [4.78, 5) is 13.0. The van der Waals surface area contributed by atoms with Gasteiger partial charge < -0.3 is 10.1 Å². The Balaban J connectivity index is 1.39. The second-order valence-electron chi connectivity index (χ2n) is 7.28. The van der Waals surface area contributed by atoms with E-state index in [4.69, 9.17) is 4.74 Å². The number of ether oxygens (including phenoxy) is 1. The largest absolute Gasteiger partial charge is 0.489 e. The van der Waals surface area contributed by atoms with Crippen molar-refractivity contribution in [2.24, 2.45) is 0 Å². The molecule has 0 saturated carbocycles.